The molecule has 1 atom stereocenters. The molecule has 29 heavy (non-hydrogen) atoms. The number of hydrogen-bond acceptors (Lipinski definition) is 1. The van der Waals surface area contributed by atoms with Crippen molar-refractivity contribution in [3.05, 3.63) is 88.9 Å². The number of Topliss-reactive ketones (excluding diaryl/α,β-unsaturated/α-hetero) is 1. The normalized spacial score (nSPS) is 9.31. The van der Waals surface area contributed by atoms with Crippen LogP contribution in [0.15, 0.2) is 67.2 Å². The van der Waals surface area contributed by atoms with Crippen molar-refractivity contribution in [3.8, 4) is 0 Å². The molecule has 3 heteroatoms. The Kier molecular flexibility index (Phi) is 14.7. The zero-order chi connectivity index (χ0) is 22.2. The second-order valence-electron chi connectivity index (χ2n) is 5.91. The molecule has 0 aliphatic carbocycles. The molecule has 0 fully saturated rings. The molecule has 0 saturated carbocycles. The van der Waals surface area contributed by atoms with Crippen LogP contribution in [0.3, 0.4) is 0 Å². The molecule has 0 N–H and O–H groups in total. The molecule has 0 saturated heterocycles. The van der Waals surface area contributed by atoms with Crippen LogP contribution in [0.1, 0.15) is 51.3 Å². The summed E-state index contributed by atoms with van der Waals surface area (Å²) in [4.78, 5) is 11.2. The number of carbonyl (C=O) groups is 1. The van der Waals surface area contributed by atoms with Crippen LogP contribution in [0.4, 0.5) is 0 Å². The van der Waals surface area contributed by atoms with E-state index >= 15 is 0 Å². The lowest BCUT2D eigenvalue weighted by Gasteiger charge is -2.07. The Bertz CT molecular complexity index is 902. The second-order valence-corrected chi connectivity index (χ2v) is 7.44. The fraction of sp³-hybridized carbons (Fsp3) is 0.308. The lowest BCUT2D eigenvalue weighted by atomic mass is 10.0. The van der Waals surface area contributed by atoms with Crippen molar-refractivity contribution in [2.75, 3.05) is 0 Å². The summed E-state index contributed by atoms with van der Waals surface area (Å²) >= 11 is 6.37. The van der Waals surface area contributed by atoms with Crippen molar-refractivity contribution in [2.24, 2.45) is 0 Å². The standard InChI is InChI=1S/C19H18ClOP.C3H4.2C2H6/c1-13(21)10-14-6-7-15(18(20)11-14)8-9-16-12-22-19-5-3-2-4-17(16)19;1-3-2;2*1-2/h2-7,11-12,22H,8-10H2,1H3;1-2H2;2*1-2H3. The highest BCUT2D eigenvalue weighted by Gasteiger charge is 2.07. The summed E-state index contributed by atoms with van der Waals surface area (Å²) < 4.78 is 0. The summed E-state index contributed by atoms with van der Waals surface area (Å²) in [5, 5.41) is 3.61. The molecule has 1 heterocycles. The van der Waals surface area contributed by atoms with Gasteiger partial charge >= 0.3 is 0 Å². The quantitative estimate of drug-likeness (QED) is 0.372. The molecule has 156 valence electrons. The summed E-state index contributed by atoms with van der Waals surface area (Å²) in [5.41, 5.74) is 5.83. The third kappa shape index (κ3) is 9.33. The largest absolute Gasteiger partial charge is 0.300 e. The van der Waals surface area contributed by atoms with E-state index in [-0.39, 0.29) is 5.78 Å². The average Bonchev–Trinajstić information content (AvgIpc) is 3.14. The maximum Gasteiger partial charge on any atom is 0.134 e. The third-order valence-corrected chi connectivity index (χ3v) is 5.50. The van der Waals surface area contributed by atoms with Gasteiger partial charge < -0.3 is 0 Å². The summed E-state index contributed by atoms with van der Waals surface area (Å²) in [5.74, 6) is 2.51. The zero-order valence-electron chi connectivity index (χ0n) is 18.4. The summed E-state index contributed by atoms with van der Waals surface area (Å²) in [7, 11) is 0.787. The van der Waals surface area contributed by atoms with Crippen LogP contribution in [0, 0.1) is 0 Å². The summed E-state index contributed by atoms with van der Waals surface area (Å²) in [6, 6.07) is 14.6. The van der Waals surface area contributed by atoms with Crippen LogP contribution in [0.25, 0.3) is 10.5 Å². The van der Waals surface area contributed by atoms with Gasteiger partial charge in [0, 0.05) is 11.4 Å². The van der Waals surface area contributed by atoms with Gasteiger partial charge in [-0.1, -0.05) is 88.9 Å². The van der Waals surface area contributed by atoms with Crippen molar-refractivity contribution >= 4 is 36.1 Å². The molecule has 1 unspecified atom stereocenters. The predicted molar refractivity (Wildman–Crippen MR) is 134 cm³/mol. The second kappa shape index (κ2) is 15.8. The number of carbonyl (C=O) groups excluding carboxylic acids is 1. The molecular formula is C26H34ClOP. The number of hydrogen-bond donors (Lipinski definition) is 0. The van der Waals surface area contributed by atoms with Gasteiger partial charge in [0.15, 0.2) is 0 Å². The van der Waals surface area contributed by atoms with Gasteiger partial charge in [-0.3, -0.25) is 4.79 Å². The van der Waals surface area contributed by atoms with Crippen LogP contribution >= 0.6 is 19.8 Å². The van der Waals surface area contributed by atoms with Gasteiger partial charge in [-0.25, -0.2) is 0 Å². The first kappa shape index (κ1) is 27.0. The van der Waals surface area contributed by atoms with Crippen molar-refractivity contribution < 1.29 is 4.79 Å². The van der Waals surface area contributed by atoms with Gasteiger partial charge in [0.05, 0.1) is 0 Å². The zero-order valence-corrected chi connectivity index (χ0v) is 20.2. The molecule has 0 amide bonds. The van der Waals surface area contributed by atoms with Crippen molar-refractivity contribution in [2.45, 2.75) is 53.9 Å². The first-order chi connectivity index (χ1) is 14.0. The minimum absolute atomic E-state index is 0.164. The third-order valence-electron chi connectivity index (χ3n) is 3.91. The fourth-order valence-electron chi connectivity index (χ4n) is 2.80. The maximum atomic E-state index is 11.2. The van der Waals surface area contributed by atoms with Gasteiger partial charge in [0.2, 0.25) is 0 Å². The molecule has 3 aromatic rings. The van der Waals surface area contributed by atoms with Crippen LogP contribution in [-0.2, 0) is 24.1 Å². The van der Waals surface area contributed by atoms with Crippen molar-refractivity contribution in [1.29, 1.82) is 0 Å². The Balaban J connectivity index is 0.00000100. The Morgan fingerprint density at radius 2 is 1.59 bits per heavy atom. The van der Waals surface area contributed by atoms with E-state index in [0.717, 1.165) is 37.2 Å². The molecule has 0 aliphatic rings. The number of aryl methyl sites for hydroxylation is 2. The van der Waals surface area contributed by atoms with Gasteiger partial charge in [-0.05, 0) is 58.8 Å². The Morgan fingerprint density at radius 3 is 2.17 bits per heavy atom. The summed E-state index contributed by atoms with van der Waals surface area (Å²) in [6.45, 7) is 15.9. The van der Waals surface area contributed by atoms with Gasteiger partial charge in [0.25, 0.3) is 0 Å². The van der Waals surface area contributed by atoms with E-state index < -0.39 is 0 Å². The van der Waals surface area contributed by atoms with E-state index in [9.17, 15) is 4.79 Å². The lowest BCUT2D eigenvalue weighted by Crippen LogP contribution is -1.98. The van der Waals surface area contributed by atoms with Crippen LogP contribution in [0.2, 0.25) is 5.02 Å². The van der Waals surface area contributed by atoms with E-state index in [4.69, 9.17) is 11.6 Å². The fourth-order valence-corrected chi connectivity index (χ4v) is 4.32. The molecule has 3 rings (SSSR count). The smallest absolute Gasteiger partial charge is 0.134 e. The Labute approximate surface area is 183 Å². The van der Waals surface area contributed by atoms with Crippen LogP contribution in [0.5, 0.6) is 0 Å². The van der Waals surface area contributed by atoms with E-state index in [1.54, 1.807) is 6.92 Å². The summed E-state index contributed by atoms with van der Waals surface area (Å²) in [6.07, 6.45) is 2.40. The molecule has 0 bridgehead atoms. The number of ketones is 1. The predicted octanol–water partition coefficient (Wildman–Crippen LogP) is 8.45. The molecule has 2 aromatic carbocycles. The monoisotopic (exact) mass is 428 g/mol. The van der Waals surface area contributed by atoms with E-state index in [2.05, 4.69) is 55.0 Å². The topological polar surface area (TPSA) is 17.1 Å². The lowest BCUT2D eigenvalue weighted by molar-refractivity contribution is -0.116. The molecule has 0 spiro atoms. The molecule has 1 aromatic heterocycles. The maximum absolute atomic E-state index is 11.2. The van der Waals surface area contributed by atoms with Crippen molar-refractivity contribution in [1.82, 2.24) is 0 Å². The molecule has 0 radical (unpaired) electrons. The van der Waals surface area contributed by atoms with Crippen molar-refractivity contribution in [3.63, 3.8) is 0 Å². The minimum Gasteiger partial charge on any atom is -0.300 e. The number of rotatable bonds is 5. The Morgan fingerprint density at radius 1 is 1.00 bits per heavy atom. The van der Waals surface area contributed by atoms with Gasteiger partial charge in [-0.2, -0.15) is 0 Å². The average molecular weight is 429 g/mol. The van der Waals surface area contributed by atoms with Crippen LogP contribution in [-0.4, -0.2) is 5.78 Å². The van der Waals surface area contributed by atoms with Crippen LogP contribution < -0.4 is 0 Å². The highest BCUT2D eigenvalue weighted by Crippen LogP contribution is 2.31. The van der Waals surface area contributed by atoms with E-state index in [1.165, 1.54) is 16.1 Å². The number of halogens is 1. The first-order valence-electron chi connectivity index (χ1n) is 10.2. The number of benzene rings is 2. The van der Waals surface area contributed by atoms with Gasteiger partial charge in [-0.15, -0.1) is 13.9 Å². The SMILES string of the molecule is C=C=C.CC.CC.CC(=O)Cc1ccc(CCc2c[pH]c3ccccc23)c(Cl)c1. The highest BCUT2D eigenvalue weighted by atomic mass is 35.5. The molecular weight excluding hydrogens is 395 g/mol. The first-order valence-corrected chi connectivity index (χ1v) is 11.6. The van der Waals surface area contributed by atoms with Gasteiger partial charge in [0.1, 0.15) is 5.78 Å². The molecule has 1 nitrogen and oxygen atoms in total. The number of fused-ring (bicyclic) bond motifs is 1. The van der Waals surface area contributed by atoms with E-state index in [1.807, 2.05) is 39.8 Å². The van der Waals surface area contributed by atoms with E-state index in [0.29, 0.717) is 6.42 Å². The highest BCUT2D eigenvalue weighted by molar-refractivity contribution is 7.36. The minimum atomic E-state index is 0.164. The molecule has 0 aliphatic heterocycles. The Hall–Kier alpha value is -2.04.